The van der Waals surface area contributed by atoms with E-state index in [1.165, 1.54) is 48.2 Å². The molecule has 1 fully saturated rings. The Labute approximate surface area is 209 Å². The minimum absolute atomic E-state index is 0.00871. The first-order chi connectivity index (χ1) is 16.9. The number of carbonyl (C=O) groups is 1. The van der Waals surface area contributed by atoms with Crippen molar-refractivity contribution in [1.29, 1.82) is 0 Å². The topological polar surface area (TPSA) is 89.1 Å². The van der Waals surface area contributed by atoms with E-state index in [1.807, 2.05) is 0 Å². The molecule has 3 N–H and O–H groups in total. The highest BCUT2D eigenvalue weighted by Gasteiger charge is 2.48. The van der Waals surface area contributed by atoms with Gasteiger partial charge in [-0.15, -0.1) is 0 Å². The lowest BCUT2D eigenvalue weighted by Gasteiger charge is -2.25. The molecular weight excluding hydrogens is 500 g/mol. The lowest BCUT2D eigenvalue weighted by molar-refractivity contribution is -0.141. The Kier molecular flexibility index (Phi) is 5.66. The molecule has 2 aliphatic rings. The van der Waals surface area contributed by atoms with Gasteiger partial charge in [0.15, 0.2) is 5.69 Å². The van der Waals surface area contributed by atoms with Crippen LogP contribution in [0.5, 0.6) is 0 Å². The summed E-state index contributed by atoms with van der Waals surface area (Å²) in [6.07, 6.45) is 0.00360. The summed E-state index contributed by atoms with van der Waals surface area (Å²) in [5, 5.41) is 7.28. The van der Waals surface area contributed by atoms with Crippen LogP contribution in [0.1, 0.15) is 46.9 Å². The number of benzene rings is 1. The highest BCUT2D eigenvalue weighted by Crippen LogP contribution is 2.54. The average molecular weight is 523 g/mol. The number of hydrogen-bond donors (Lipinski definition) is 2. The number of hydrogen-bond acceptors (Lipinski definition) is 5. The predicted molar refractivity (Wildman–Crippen MR) is 127 cm³/mol. The molecule has 0 bridgehead atoms. The molecule has 12 heteroatoms. The van der Waals surface area contributed by atoms with E-state index >= 15 is 4.39 Å². The molecule has 36 heavy (non-hydrogen) atoms. The molecule has 0 radical (unpaired) electrons. The molecule has 2 atom stereocenters. The van der Waals surface area contributed by atoms with E-state index in [2.05, 4.69) is 15.4 Å². The van der Waals surface area contributed by atoms with E-state index in [1.54, 1.807) is 0 Å². The second-order valence-corrected chi connectivity index (χ2v) is 9.89. The number of pyridine rings is 1. The number of nitrogen functional groups attached to an aromatic ring is 1. The maximum absolute atomic E-state index is 15.6. The Bertz CT molecular complexity index is 1370. The van der Waals surface area contributed by atoms with Gasteiger partial charge in [-0.1, -0.05) is 11.6 Å². The molecule has 0 saturated heterocycles. The van der Waals surface area contributed by atoms with Crippen LogP contribution in [-0.2, 0) is 11.6 Å². The molecule has 7 nitrogen and oxygen atoms in total. The number of nitrogens with two attached hydrogens (primary N) is 1. The van der Waals surface area contributed by atoms with Crippen molar-refractivity contribution in [2.24, 2.45) is 0 Å². The minimum Gasteiger partial charge on any atom is -0.398 e. The van der Waals surface area contributed by atoms with Crippen LogP contribution < -0.4 is 11.1 Å². The van der Waals surface area contributed by atoms with Crippen molar-refractivity contribution in [3.63, 3.8) is 0 Å². The molecular formula is C24H23ClF4N6O. The molecule has 3 heterocycles. The largest absolute Gasteiger partial charge is 0.435 e. The van der Waals surface area contributed by atoms with Crippen molar-refractivity contribution >= 4 is 29.0 Å². The maximum atomic E-state index is 15.6. The Morgan fingerprint density at radius 2 is 2.03 bits per heavy atom. The summed E-state index contributed by atoms with van der Waals surface area (Å²) < 4.78 is 56.1. The number of nitrogens with zero attached hydrogens (tertiary/aromatic N) is 4. The monoisotopic (exact) mass is 522 g/mol. The SMILES string of the molecule is CN(C)C(=O)c1c(N)ccc(-c2cnc3c(c2Cl)[C@@]2(CC[C@@H](n4ccc(C(F)(F)F)n4)C2)CN3)c1F. The smallest absolute Gasteiger partial charge is 0.398 e. The number of halogens is 5. The third kappa shape index (κ3) is 3.76. The number of nitrogens with one attached hydrogen (secondary N) is 1. The van der Waals surface area contributed by atoms with Crippen LogP contribution in [0.3, 0.4) is 0 Å². The van der Waals surface area contributed by atoms with Gasteiger partial charge in [-0.3, -0.25) is 9.48 Å². The molecule has 2 aromatic heterocycles. The van der Waals surface area contributed by atoms with Gasteiger partial charge in [0.05, 0.1) is 16.6 Å². The van der Waals surface area contributed by atoms with Gasteiger partial charge in [-0.2, -0.15) is 18.3 Å². The predicted octanol–water partition coefficient (Wildman–Crippen LogP) is 5.13. The molecule has 1 amide bonds. The fourth-order valence-corrected chi connectivity index (χ4v) is 5.72. The van der Waals surface area contributed by atoms with E-state index in [0.29, 0.717) is 42.8 Å². The zero-order valence-corrected chi connectivity index (χ0v) is 20.2. The molecule has 1 spiro atoms. The van der Waals surface area contributed by atoms with Crippen LogP contribution in [0.25, 0.3) is 11.1 Å². The van der Waals surface area contributed by atoms with Crippen LogP contribution in [0.2, 0.25) is 5.02 Å². The molecule has 1 aliphatic carbocycles. The van der Waals surface area contributed by atoms with Crippen molar-refractivity contribution in [3.05, 3.63) is 58.3 Å². The molecule has 5 rings (SSSR count). The van der Waals surface area contributed by atoms with Crippen LogP contribution >= 0.6 is 11.6 Å². The lowest BCUT2D eigenvalue weighted by Crippen LogP contribution is -2.26. The number of amides is 1. The summed E-state index contributed by atoms with van der Waals surface area (Å²) in [4.78, 5) is 18.2. The second kappa shape index (κ2) is 8.36. The maximum Gasteiger partial charge on any atom is 0.435 e. The fourth-order valence-electron chi connectivity index (χ4n) is 5.28. The van der Waals surface area contributed by atoms with E-state index < -0.39 is 29.0 Å². The van der Waals surface area contributed by atoms with Crippen LogP contribution in [0.4, 0.5) is 29.1 Å². The van der Waals surface area contributed by atoms with Crippen molar-refractivity contribution in [3.8, 4) is 11.1 Å². The van der Waals surface area contributed by atoms with Gasteiger partial charge in [-0.25, -0.2) is 9.37 Å². The standard InChI is InChI=1S/C24H23ClF4N6O/c1-34(2)22(36)17-15(30)4-3-13(20(17)26)14-10-31-21-18(19(14)25)23(11-32-21)7-5-12(9-23)35-8-6-16(33-35)24(27,28)29/h3-4,6,8,10,12H,5,7,9,11,30H2,1-2H3,(H,31,32)/t12-,23-/m1/s1. The third-order valence-corrected chi connectivity index (χ3v) is 7.47. The Hall–Kier alpha value is -3.34. The first-order valence-electron chi connectivity index (χ1n) is 11.3. The van der Waals surface area contributed by atoms with E-state index in [4.69, 9.17) is 17.3 Å². The van der Waals surface area contributed by atoms with E-state index in [-0.39, 0.29) is 27.9 Å². The number of aromatic nitrogens is 3. The Morgan fingerprint density at radius 3 is 2.69 bits per heavy atom. The number of rotatable bonds is 3. The molecule has 0 unspecified atom stereocenters. The van der Waals surface area contributed by atoms with Crippen molar-refractivity contribution in [2.75, 3.05) is 31.7 Å². The van der Waals surface area contributed by atoms with Gasteiger partial charge in [-0.05, 0) is 37.5 Å². The molecule has 3 aromatic rings. The number of carbonyl (C=O) groups excluding carboxylic acids is 1. The zero-order valence-electron chi connectivity index (χ0n) is 19.5. The molecule has 1 aromatic carbocycles. The van der Waals surface area contributed by atoms with Crippen LogP contribution in [0.15, 0.2) is 30.6 Å². The molecule has 1 aliphatic heterocycles. The third-order valence-electron chi connectivity index (χ3n) is 7.08. The second-order valence-electron chi connectivity index (χ2n) is 9.51. The van der Waals surface area contributed by atoms with Crippen LogP contribution in [-0.4, -0.2) is 46.2 Å². The number of anilines is 2. The average Bonchev–Trinajstić information content (AvgIpc) is 3.54. The molecule has 1 saturated carbocycles. The Morgan fingerprint density at radius 1 is 1.28 bits per heavy atom. The fraction of sp³-hybridized carbons (Fsp3) is 0.375. The first kappa shape index (κ1) is 24.4. The van der Waals surface area contributed by atoms with Gasteiger partial charge < -0.3 is 16.0 Å². The minimum atomic E-state index is -4.51. The first-order valence-corrected chi connectivity index (χ1v) is 11.7. The number of fused-ring (bicyclic) bond motifs is 2. The summed E-state index contributed by atoms with van der Waals surface area (Å²) in [5.41, 5.74) is 5.33. The van der Waals surface area contributed by atoms with Gasteiger partial charge in [0.1, 0.15) is 11.6 Å². The normalized spacial score (nSPS) is 21.0. The van der Waals surface area contributed by atoms with Crippen molar-refractivity contribution < 1.29 is 22.4 Å². The molecule has 190 valence electrons. The summed E-state index contributed by atoms with van der Waals surface area (Å²) >= 11 is 6.88. The summed E-state index contributed by atoms with van der Waals surface area (Å²) in [7, 11) is 3.00. The van der Waals surface area contributed by atoms with Crippen LogP contribution in [0, 0.1) is 5.82 Å². The zero-order chi connectivity index (χ0) is 26.0. The van der Waals surface area contributed by atoms with E-state index in [9.17, 15) is 18.0 Å². The highest BCUT2D eigenvalue weighted by molar-refractivity contribution is 6.34. The Balaban J connectivity index is 1.54. The quantitative estimate of drug-likeness (QED) is 0.368. The van der Waals surface area contributed by atoms with Crippen molar-refractivity contribution in [2.45, 2.75) is 36.9 Å². The highest BCUT2D eigenvalue weighted by atomic mass is 35.5. The van der Waals surface area contributed by atoms with Gasteiger partial charge in [0.25, 0.3) is 5.91 Å². The van der Waals surface area contributed by atoms with Gasteiger partial charge in [0.2, 0.25) is 0 Å². The summed E-state index contributed by atoms with van der Waals surface area (Å²) in [6, 6.07) is 3.62. The summed E-state index contributed by atoms with van der Waals surface area (Å²) in [5.74, 6) is -0.814. The van der Waals surface area contributed by atoms with E-state index in [0.717, 1.165) is 6.07 Å². The number of alkyl halides is 3. The lowest BCUT2D eigenvalue weighted by atomic mass is 9.80. The summed E-state index contributed by atoms with van der Waals surface area (Å²) in [6.45, 7) is 0.497. The van der Waals surface area contributed by atoms with Gasteiger partial charge in [0, 0.05) is 60.8 Å². The van der Waals surface area contributed by atoms with Gasteiger partial charge >= 0.3 is 6.18 Å². The van der Waals surface area contributed by atoms with Crippen molar-refractivity contribution in [1.82, 2.24) is 19.7 Å².